The number of halogens is 1. The third kappa shape index (κ3) is 2.76. The highest BCUT2D eigenvalue weighted by Gasteiger charge is 2.33. The molecule has 1 atom stereocenters. The van der Waals surface area contributed by atoms with Gasteiger partial charge in [-0.15, -0.1) is 0 Å². The summed E-state index contributed by atoms with van der Waals surface area (Å²) in [7, 11) is 1.31. The molecule has 1 rings (SSSR count). The van der Waals surface area contributed by atoms with Gasteiger partial charge < -0.3 is 10.5 Å². The average molecular weight is 226 g/mol. The van der Waals surface area contributed by atoms with Crippen LogP contribution in [0.4, 0.5) is 4.39 Å². The van der Waals surface area contributed by atoms with E-state index in [1.165, 1.54) is 19.4 Å². The molecule has 88 valence electrons. The minimum atomic E-state index is -0.843. The van der Waals surface area contributed by atoms with Crippen LogP contribution in [0.1, 0.15) is 12.5 Å². The maximum atomic E-state index is 12.9. The van der Waals surface area contributed by atoms with Gasteiger partial charge in [0.1, 0.15) is 5.82 Å². The Hall–Kier alpha value is -1.49. The van der Waals surface area contributed by atoms with Crippen LogP contribution in [0.25, 0.3) is 0 Å². The lowest BCUT2D eigenvalue weighted by atomic mass is 9.84. The highest BCUT2D eigenvalue weighted by Crippen LogP contribution is 2.22. The van der Waals surface area contributed by atoms with Gasteiger partial charge in [-0.05, 0) is 25.0 Å². The Bertz CT molecular complexity index is 384. The van der Waals surface area contributed by atoms with Gasteiger partial charge in [-0.1, -0.05) is 0 Å². The molecule has 1 aromatic rings. The van der Waals surface area contributed by atoms with Gasteiger partial charge >= 0.3 is 5.97 Å². The van der Waals surface area contributed by atoms with E-state index >= 15 is 0 Å². The Morgan fingerprint density at radius 3 is 2.81 bits per heavy atom. The van der Waals surface area contributed by atoms with Crippen LogP contribution in [0.5, 0.6) is 0 Å². The molecule has 2 N–H and O–H groups in total. The molecule has 0 saturated carbocycles. The van der Waals surface area contributed by atoms with Crippen LogP contribution in [0.3, 0.4) is 0 Å². The fourth-order valence-corrected chi connectivity index (χ4v) is 1.48. The zero-order chi connectivity index (χ0) is 12.2. The molecule has 0 bridgehead atoms. The normalized spacial score (nSPS) is 14.2. The summed E-state index contributed by atoms with van der Waals surface area (Å²) < 4.78 is 17.6. The number of hydrogen-bond acceptors (Lipinski definition) is 4. The Labute approximate surface area is 93.6 Å². The van der Waals surface area contributed by atoms with Crippen LogP contribution in [-0.2, 0) is 16.0 Å². The molecule has 1 heterocycles. The van der Waals surface area contributed by atoms with E-state index < -0.39 is 17.2 Å². The standard InChI is InChI=1S/C11H15FN2O2/c1-11(7-13,10(15)16-2)4-8-3-9(12)6-14-5-8/h3,5-6H,4,7,13H2,1-2H3. The second kappa shape index (κ2) is 5.03. The SMILES string of the molecule is COC(=O)C(C)(CN)Cc1cncc(F)c1. The van der Waals surface area contributed by atoms with Crippen molar-refractivity contribution >= 4 is 5.97 Å². The van der Waals surface area contributed by atoms with Crippen molar-refractivity contribution in [3.05, 3.63) is 29.8 Å². The third-order valence-corrected chi connectivity index (χ3v) is 2.48. The molecule has 0 radical (unpaired) electrons. The van der Waals surface area contributed by atoms with Gasteiger partial charge in [-0.25, -0.2) is 4.39 Å². The van der Waals surface area contributed by atoms with Crippen molar-refractivity contribution < 1.29 is 13.9 Å². The number of nitrogens with zero attached hydrogens (tertiary/aromatic N) is 1. The summed E-state index contributed by atoms with van der Waals surface area (Å²) in [6.07, 6.45) is 2.93. The lowest BCUT2D eigenvalue weighted by Gasteiger charge is -2.24. The number of ether oxygens (including phenoxy) is 1. The molecule has 0 aliphatic heterocycles. The topological polar surface area (TPSA) is 65.2 Å². The van der Waals surface area contributed by atoms with E-state index in [-0.39, 0.29) is 6.54 Å². The molecule has 16 heavy (non-hydrogen) atoms. The van der Waals surface area contributed by atoms with Crippen LogP contribution >= 0.6 is 0 Å². The Kier molecular flexibility index (Phi) is 3.95. The van der Waals surface area contributed by atoms with Crippen molar-refractivity contribution in [2.45, 2.75) is 13.3 Å². The fourth-order valence-electron chi connectivity index (χ4n) is 1.48. The molecule has 0 spiro atoms. The van der Waals surface area contributed by atoms with Crippen LogP contribution in [0.15, 0.2) is 18.5 Å². The smallest absolute Gasteiger partial charge is 0.313 e. The van der Waals surface area contributed by atoms with Crippen molar-refractivity contribution in [2.24, 2.45) is 11.1 Å². The number of pyridine rings is 1. The second-order valence-electron chi connectivity index (χ2n) is 3.94. The molecule has 0 aromatic carbocycles. The van der Waals surface area contributed by atoms with Crippen molar-refractivity contribution in [2.75, 3.05) is 13.7 Å². The highest BCUT2D eigenvalue weighted by atomic mass is 19.1. The molecule has 5 heteroatoms. The monoisotopic (exact) mass is 226 g/mol. The largest absolute Gasteiger partial charge is 0.469 e. The van der Waals surface area contributed by atoms with Crippen LogP contribution < -0.4 is 5.73 Å². The zero-order valence-corrected chi connectivity index (χ0v) is 9.37. The first-order valence-electron chi connectivity index (χ1n) is 4.90. The van der Waals surface area contributed by atoms with Crippen molar-refractivity contribution in [1.29, 1.82) is 0 Å². The molecule has 0 aliphatic carbocycles. The Balaban J connectivity index is 2.89. The second-order valence-corrected chi connectivity index (χ2v) is 3.94. The molecule has 1 unspecified atom stereocenters. The minimum absolute atomic E-state index is 0.135. The third-order valence-electron chi connectivity index (χ3n) is 2.48. The van der Waals surface area contributed by atoms with E-state index in [4.69, 9.17) is 5.73 Å². The summed E-state index contributed by atoms with van der Waals surface area (Å²) in [5, 5.41) is 0. The molecular weight excluding hydrogens is 211 g/mol. The summed E-state index contributed by atoms with van der Waals surface area (Å²) in [6, 6.07) is 1.34. The zero-order valence-electron chi connectivity index (χ0n) is 9.37. The summed E-state index contributed by atoms with van der Waals surface area (Å²) in [6.45, 7) is 1.82. The first-order valence-corrected chi connectivity index (χ1v) is 4.90. The van der Waals surface area contributed by atoms with Gasteiger partial charge in [-0.3, -0.25) is 9.78 Å². The number of rotatable bonds is 4. The number of esters is 1. The van der Waals surface area contributed by atoms with E-state index in [1.54, 1.807) is 6.92 Å². The number of carbonyl (C=O) groups excluding carboxylic acids is 1. The predicted molar refractivity (Wildman–Crippen MR) is 57.1 cm³/mol. The average Bonchev–Trinajstić information content (AvgIpc) is 2.27. The lowest BCUT2D eigenvalue weighted by Crippen LogP contribution is -2.38. The van der Waals surface area contributed by atoms with E-state index in [1.807, 2.05) is 0 Å². The van der Waals surface area contributed by atoms with Crippen molar-refractivity contribution in [1.82, 2.24) is 4.98 Å². The Morgan fingerprint density at radius 2 is 2.31 bits per heavy atom. The predicted octanol–water partition coefficient (Wildman–Crippen LogP) is 0.901. The van der Waals surface area contributed by atoms with Crippen LogP contribution in [0.2, 0.25) is 0 Å². The van der Waals surface area contributed by atoms with E-state index in [2.05, 4.69) is 9.72 Å². The first-order chi connectivity index (χ1) is 7.51. The quantitative estimate of drug-likeness (QED) is 0.775. The summed E-state index contributed by atoms with van der Waals surface area (Å²) in [5.41, 5.74) is 5.33. The van der Waals surface area contributed by atoms with Crippen LogP contribution in [-0.4, -0.2) is 24.6 Å². The fraction of sp³-hybridized carbons (Fsp3) is 0.455. The van der Waals surface area contributed by atoms with E-state index in [9.17, 15) is 9.18 Å². The molecule has 0 amide bonds. The summed E-state index contributed by atoms with van der Waals surface area (Å²) >= 11 is 0. The number of nitrogens with two attached hydrogens (primary N) is 1. The van der Waals surface area contributed by atoms with Gasteiger partial charge in [0.05, 0.1) is 18.7 Å². The maximum absolute atomic E-state index is 12.9. The van der Waals surface area contributed by atoms with E-state index in [0.717, 1.165) is 6.20 Å². The molecule has 1 aromatic heterocycles. The highest BCUT2D eigenvalue weighted by molar-refractivity contribution is 5.77. The molecule has 0 fully saturated rings. The van der Waals surface area contributed by atoms with Gasteiger partial charge in [0.25, 0.3) is 0 Å². The molecule has 4 nitrogen and oxygen atoms in total. The van der Waals surface area contributed by atoms with Gasteiger partial charge in [-0.2, -0.15) is 0 Å². The molecular formula is C11H15FN2O2. The number of carbonyl (C=O) groups is 1. The van der Waals surface area contributed by atoms with Crippen molar-refractivity contribution in [3.8, 4) is 0 Å². The van der Waals surface area contributed by atoms with Gasteiger partial charge in [0, 0.05) is 12.7 Å². The lowest BCUT2D eigenvalue weighted by molar-refractivity contribution is -0.151. The van der Waals surface area contributed by atoms with E-state index in [0.29, 0.717) is 12.0 Å². The number of aromatic nitrogens is 1. The Morgan fingerprint density at radius 1 is 1.62 bits per heavy atom. The van der Waals surface area contributed by atoms with Gasteiger partial charge in [0.15, 0.2) is 0 Å². The van der Waals surface area contributed by atoms with Crippen molar-refractivity contribution in [3.63, 3.8) is 0 Å². The summed E-state index contributed by atoms with van der Waals surface area (Å²) in [4.78, 5) is 15.3. The van der Waals surface area contributed by atoms with Crippen LogP contribution in [0, 0.1) is 11.2 Å². The van der Waals surface area contributed by atoms with Gasteiger partial charge in [0.2, 0.25) is 0 Å². The number of methoxy groups -OCH3 is 1. The summed E-state index contributed by atoms with van der Waals surface area (Å²) in [5.74, 6) is -0.832. The molecule has 0 saturated heterocycles. The maximum Gasteiger partial charge on any atom is 0.313 e. The minimum Gasteiger partial charge on any atom is -0.469 e. The number of hydrogen-bond donors (Lipinski definition) is 1. The molecule has 0 aliphatic rings. The first kappa shape index (κ1) is 12.6.